The Kier molecular flexibility index (Phi) is 4.15. The number of fused-ring (bicyclic) bond motifs is 1. The first-order valence-electron chi connectivity index (χ1n) is 7.37. The fraction of sp³-hybridized carbons (Fsp3) is 0.294. The molecule has 0 fully saturated rings. The fourth-order valence-electron chi connectivity index (χ4n) is 2.26. The van der Waals surface area contributed by atoms with E-state index in [0.717, 1.165) is 41.2 Å². The highest BCUT2D eigenvalue weighted by Gasteiger charge is 2.10. The molecule has 2 heterocycles. The van der Waals surface area contributed by atoms with Crippen molar-refractivity contribution in [2.75, 3.05) is 5.32 Å². The molecule has 1 aromatic carbocycles. The Morgan fingerprint density at radius 3 is 2.57 bits per heavy atom. The van der Waals surface area contributed by atoms with Crippen LogP contribution in [0, 0.1) is 0 Å². The summed E-state index contributed by atoms with van der Waals surface area (Å²) in [7, 11) is 0. The molecule has 3 aromatic rings. The third-order valence-electron chi connectivity index (χ3n) is 3.46. The van der Waals surface area contributed by atoms with E-state index in [1.165, 1.54) is 10.4 Å². The van der Waals surface area contributed by atoms with Crippen molar-refractivity contribution in [3.8, 4) is 0 Å². The lowest BCUT2D eigenvalue weighted by Crippen LogP contribution is -2.04. The lowest BCUT2D eigenvalue weighted by Gasteiger charge is -2.08. The van der Waals surface area contributed by atoms with Crippen LogP contribution in [0.25, 0.3) is 10.2 Å². The van der Waals surface area contributed by atoms with Crippen LogP contribution in [-0.2, 0) is 19.4 Å². The lowest BCUT2D eigenvalue weighted by atomic mass is 10.2. The lowest BCUT2D eigenvalue weighted by molar-refractivity contribution is 0.957. The third-order valence-corrected chi connectivity index (χ3v) is 4.63. The standard InChI is InChI=1S/C17H19N3S/c1-3-13-10-14-16(18-11-12-8-6-5-7-9-12)19-15(4-2)20-17(14)21-13/h5-10H,3-4,11H2,1-2H3,(H,18,19,20). The molecule has 1 N–H and O–H groups in total. The maximum absolute atomic E-state index is 4.67. The molecular weight excluding hydrogens is 278 g/mol. The molecule has 0 bridgehead atoms. The number of rotatable bonds is 5. The largest absolute Gasteiger partial charge is 0.365 e. The van der Waals surface area contributed by atoms with Crippen LogP contribution in [0.1, 0.15) is 30.1 Å². The van der Waals surface area contributed by atoms with Crippen molar-refractivity contribution < 1.29 is 0 Å². The highest BCUT2D eigenvalue weighted by atomic mass is 32.1. The Labute approximate surface area is 129 Å². The Hall–Kier alpha value is -1.94. The van der Waals surface area contributed by atoms with Gasteiger partial charge in [-0.05, 0) is 18.1 Å². The molecular formula is C17H19N3S. The van der Waals surface area contributed by atoms with Crippen LogP contribution < -0.4 is 5.32 Å². The molecule has 0 aliphatic rings. The Bertz CT molecular complexity index is 734. The number of benzene rings is 1. The first kappa shape index (κ1) is 14.0. The van der Waals surface area contributed by atoms with Gasteiger partial charge in [0, 0.05) is 17.8 Å². The van der Waals surface area contributed by atoms with Gasteiger partial charge in [0.25, 0.3) is 0 Å². The van der Waals surface area contributed by atoms with E-state index in [9.17, 15) is 0 Å². The van der Waals surface area contributed by atoms with E-state index in [-0.39, 0.29) is 0 Å². The van der Waals surface area contributed by atoms with Crippen LogP contribution in [0.2, 0.25) is 0 Å². The van der Waals surface area contributed by atoms with E-state index in [1.54, 1.807) is 11.3 Å². The molecule has 4 heteroatoms. The van der Waals surface area contributed by atoms with Gasteiger partial charge in [-0.15, -0.1) is 11.3 Å². The first-order valence-corrected chi connectivity index (χ1v) is 8.19. The van der Waals surface area contributed by atoms with Crippen molar-refractivity contribution in [3.63, 3.8) is 0 Å². The van der Waals surface area contributed by atoms with Gasteiger partial charge in [-0.25, -0.2) is 9.97 Å². The second-order valence-electron chi connectivity index (χ2n) is 4.97. The Balaban J connectivity index is 1.94. The van der Waals surface area contributed by atoms with Crippen LogP contribution in [0.15, 0.2) is 36.4 Å². The molecule has 3 nitrogen and oxygen atoms in total. The number of aromatic nitrogens is 2. The molecule has 108 valence electrons. The minimum absolute atomic E-state index is 0.785. The smallest absolute Gasteiger partial charge is 0.138 e. The van der Waals surface area contributed by atoms with Gasteiger partial charge in [0.05, 0.1) is 5.39 Å². The summed E-state index contributed by atoms with van der Waals surface area (Å²) in [5, 5.41) is 4.62. The van der Waals surface area contributed by atoms with E-state index < -0.39 is 0 Å². The molecule has 0 amide bonds. The van der Waals surface area contributed by atoms with Crippen LogP contribution in [0.5, 0.6) is 0 Å². The van der Waals surface area contributed by atoms with Gasteiger partial charge in [-0.2, -0.15) is 0 Å². The second kappa shape index (κ2) is 6.22. The predicted molar refractivity (Wildman–Crippen MR) is 89.9 cm³/mol. The van der Waals surface area contributed by atoms with Crippen molar-refractivity contribution in [3.05, 3.63) is 52.7 Å². The van der Waals surface area contributed by atoms with Crippen LogP contribution in [0.3, 0.4) is 0 Å². The van der Waals surface area contributed by atoms with E-state index in [4.69, 9.17) is 0 Å². The highest BCUT2D eigenvalue weighted by Crippen LogP contribution is 2.29. The van der Waals surface area contributed by atoms with Crippen molar-refractivity contribution in [2.45, 2.75) is 33.2 Å². The molecule has 0 aliphatic heterocycles. The molecule has 0 unspecified atom stereocenters. The molecule has 0 radical (unpaired) electrons. The van der Waals surface area contributed by atoms with E-state index in [2.05, 4.69) is 59.5 Å². The summed E-state index contributed by atoms with van der Waals surface area (Å²) in [6.07, 6.45) is 1.90. The summed E-state index contributed by atoms with van der Waals surface area (Å²) in [5.74, 6) is 1.86. The molecule has 0 saturated carbocycles. The average molecular weight is 297 g/mol. The monoisotopic (exact) mass is 297 g/mol. The number of nitrogens with zero attached hydrogens (tertiary/aromatic N) is 2. The maximum atomic E-state index is 4.67. The Morgan fingerprint density at radius 1 is 1.05 bits per heavy atom. The first-order chi connectivity index (χ1) is 10.3. The summed E-state index contributed by atoms with van der Waals surface area (Å²) in [6.45, 7) is 5.06. The number of thiophene rings is 1. The third kappa shape index (κ3) is 3.05. The molecule has 3 rings (SSSR count). The number of nitrogens with one attached hydrogen (secondary N) is 1. The van der Waals surface area contributed by atoms with Gasteiger partial charge in [-0.3, -0.25) is 0 Å². The van der Waals surface area contributed by atoms with Gasteiger partial charge in [0.2, 0.25) is 0 Å². The van der Waals surface area contributed by atoms with Crippen molar-refractivity contribution in [2.24, 2.45) is 0 Å². The molecule has 2 aromatic heterocycles. The van der Waals surface area contributed by atoms with Crippen LogP contribution in [-0.4, -0.2) is 9.97 Å². The predicted octanol–water partition coefficient (Wildman–Crippen LogP) is 4.43. The molecule has 0 atom stereocenters. The Morgan fingerprint density at radius 2 is 1.86 bits per heavy atom. The minimum Gasteiger partial charge on any atom is -0.365 e. The zero-order valence-corrected chi connectivity index (χ0v) is 13.2. The van der Waals surface area contributed by atoms with Crippen LogP contribution >= 0.6 is 11.3 Å². The van der Waals surface area contributed by atoms with Gasteiger partial charge < -0.3 is 5.32 Å². The summed E-state index contributed by atoms with van der Waals surface area (Å²) in [6, 6.07) is 12.6. The zero-order valence-electron chi connectivity index (χ0n) is 12.4. The average Bonchev–Trinajstić information content (AvgIpc) is 2.96. The maximum Gasteiger partial charge on any atom is 0.138 e. The molecule has 0 saturated heterocycles. The van der Waals surface area contributed by atoms with Crippen molar-refractivity contribution >= 4 is 27.4 Å². The van der Waals surface area contributed by atoms with E-state index in [0.29, 0.717) is 0 Å². The molecule has 0 spiro atoms. The molecule has 21 heavy (non-hydrogen) atoms. The minimum atomic E-state index is 0.785. The van der Waals surface area contributed by atoms with E-state index in [1.807, 2.05) is 6.07 Å². The summed E-state index contributed by atoms with van der Waals surface area (Å²) in [4.78, 5) is 11.8. The zero-order chi connectivity index (χ0) is 14.7. The van der Waals surface area contributed by atoms with Gasteiger partial charge in [0.15, 0.2) is 0 Å². The number of aryl methyl sites for hydroxylation is 2. The van der Waals surface area contributed by atoms with Gasteiger partial charge in [-0.1, -0.05) is 44.2 Å². The number of hydrogen-bond acceptors (Lipinski definition) is 4. The molecule has 0 aliphatic carbocycles. The SMILES string of the molecule is CCc1nc(NCc2ccccc2)c2cc(CC)sc2n1. The number of anilines is 1. The van der Waals surface area contributed by atoms with Crippen molar-refractivity contribution in [1.82, 2.24) is 9.97 Å². The van der Waals surface area contributed by atoms with Crippen molar-refractivity contribution in [1.29, 1.82) is 0 Å². The topological polar surface area (TPSA) is 37.8 Å². The quantitative estimate of drug-likeness (QED) is 0.757. The fourth-order valence-corrected chi connectivity index (χ4v) is 3.25. The highest BCUT2D eigenvalue weighted by molar-refractivity contribution is 7.18. The normalized spacial score (nSPS) is 11.0. The van der Waals surface area contributed by atoms with Crippen LogP contribution in [0.4, 0.5) is 5.82 Å². The second-order valence-corrected chi connectivity index (χ2v) is 6.08. The van der Waals surface area contributed by atoms with Gasteiger partial charge in [0.1, 0.15) is 16.5 Å². The summed E-state index contributed by atoms with van der Waals surface area (Å²) < 4.78 is 0. The number of hydrogen-bond donors (Lipinski definition) is 1. The van der Waals surface area contributed by atoms with E-state index >= 15 is 0 Å². The summed E-state index contributed by atoms with van der Waals surface area (Å²) >= 11 is 1.77. The van der Waals surface area contributed by atoms with Gasteiger partial charge >= 0.3 is 0 Å². The summed E-state index contributed by atoms with van der Waals surface area (Å²) in [5.41, 5.74) is 1.26.